The first-order valence-corrected chi connectivity index (χ1v) is 5.55. The molecule has 1 aromatic heterocycles. The lowest BCUT2D eigenvalue weighted by atomic mass is 10.4. The van der Waals surface area contributed by atoms with Crippen molar-refractivity contribution >= 4 is 17.6 Å². The monoisotopic (exact) mass is 212 g/mol. The maximum Gasteiger partial charge on any atom is 0.144 e. The van der Waals surface area contributed by atoms with Crippen LogP contribution in [-0.4, -0.2) is 15.2 Å². The maximum atomic E-state index is 5.32. The van der Waals surface area contributed by atoms with E-state index in [1.807, 2.05) is 13.0 Å². The van der Waals surface area contributed by atoms with Crippen LogP contribution in [0.4, 0.5) is 5.82 Å². The topological polar surface area (TPSA) is 63.8 Å². The number of nitrogens with one attached hydrogen (secondary N) is 1. The highest BCUT2D eigenvalue weighted by Gasteiger charge is 2.04. The van der Waals surface area contributed by atoms with Crippen LogP contribution >= 0.6 is 11.8 Å². The van der Waals surface area contributed by atoms with Crippen LogP contribution in [0.2, 0.25) is 0 Å². The van der Waals surface area contributed by atoms with E-state index in [0.717, 1.165) is 17.3 Å². The number of rotatable bonds is 4. The van der Waals surface area contributed by atoms with Gasteiger partial charge in [-0.2, -0.15) is 0 Å². The van der Waals surface area contributed by atoms with Gasteiger partial charge < -0.3 is 5.43 Å². The lowest BCUT2D eigenvalue weighted by Crippen LogP contribution is -2.10. The van der Waals surface area contributed by atoms with E-state index in [4.69, 9.17) is 5.84 Å². The zero-order valence-corrected chi connectivity index (χ0v) is 9.56. The second kappa shape index (κ2) is 5.17. The van der Waals surface area contributed by atoms with E-state index in [1.54, 1.807) is 11.8 Å². The van der Waals surface area contributed by atoms with Crippen LogP contribution < -0.4 is 11.3 Å². The molecular formula is C9H16N4S. The van der Waals surface area contributed by atoms with Gasteiger partial charge in [0.15, 0.2) is 0 Å². The summed E-state index contributed by atoms with van der Waals surface area (Å²) >= 11 is 1.71. The minimum Gasteiger partial charge on any atom is -0.308 e. The molecule has 0 radical (unpaired) electrons. The highest BCUT2D eigenvalue weighted by Crippen LogP contribution is 2.22. The number of hydrazine groups is 1. The smallest absolute Gasteiger partial charge is 0.144 e. The molecule has 3 N–H and O–H groups in total. The number of nitrogens with two attached hydrogens (primary N) is 1. The number of nitrogen functional groups attached to an aromatic ring is 1. The molecule has 5 heteroatoms. The fourth-order valence-corrected chi connectivity index (χ4v) is 1.83. The molecule has 0 aliphatic carbocycles. The molecule has 0 saturated heterocycles. The molecule has 0 fully saturated rings. The Morgan fingerprint density at radius 1 is 1.50 bits per heavy atom. The van der Waals surface area contributed by atoms with Gasteiger partial charge in [-0.25, -0.2) is 15.8 Å². The Labute approximate surface area is 88.7 Å². The number of thioether (sulfide) groups is 1. The predicted molar refractivity (Wildman–Crippen MR) is 60.2 cm³/mol. The van der Waals surface area contributed by atoms with Crippen LogP contribution in [0.5, 0.6) is 0 Å². The van der Waals surface area contributed by atoms with Gasteiger partial charge in [-0.3, -0.25) is 0 Å². The molecule has 0 unspecified atom stereocenters. The van der Waals surface area contributed by atoms with Gasteiger partial charge >= 0.3 is 0 Å². The first-order valence-electron chi connectivity index (χ1n) is 4.67. The predicted octanol–water partition coefficient (Wildman–Crippen LogP) is 1.83. The number of aromatic nitrogens is 2. The minimum atomic E-state index is 0.514. The summed E-state index contributed by atoms with van der Waals surface area (Å²) in [6, 6.07) is 1.86. The largest absolute Gasteiger partial charge is 0.308 e. The zero-order valence-electron chi connectivity index (χ0n) is 8.74. The molecule has 1 aromatic rings. The van der Waals surface area contributed by atoms with E-state index in [1.165, 1.54) is 0 Å². The normalized spacial score (nSPS) is 10.6. The second-order valence-electron chi connectivity index (χ2n) is 3.17. The highest BCUT2D eigenvalue weighted by molar-refractivity contribution is 7.99. The molecular weight excluding hydrogens is 196 g/mol. The van der Waals surface area contributed by atoms with Crippen molar-refractivity contribution in [2.45, 2.75) is 37.5 Å². The van der Waals surface area contributed by atoms with Gasteiger partial charge in [0.05, 0.1) is 0 Å². The molecule has 1 rings (SSSR count). The summed E-state index contributed by atoms with van der Waals surface area (Å²) in [5.41, 5.74) is 2.55. The van der Waals surface area contributed by atoms with E-state index < -0.39 is 0 Å². The number of anilines is 1. The average Bonchev–Trinajstić information content (AvgIpc) is 2.16. The molecule has 0 amide bonds. The van der Waals surface area contributed by atoms with Crippen molar-refractivity contribution in [2.75, 3.05) is 5.43 Å². The standard InChI is InChI=1S/C9H16N4S/c1-4-7-11-8(13-10)5-9(12-7)14-6(2)3/h5-6H,4,10H2,1-3H3,(H,11,12,13). The Hall–Kier alpha value is -0.810. The number of nitrogens with zero attached hydrogens (tertiary/aromatic N) is 2. The molecule has 4 nitrogen and oxygen atoms in total. The SMILES string of the molecule is CCc1nc(NN)cc(SC(C)C)n1. The highest BCUT2D eigenvalue weighted by atomic mass is 32.2. The summed E-state index contributed by atoms with van der Waals surface area (Å²) in [7, 11) is 0. The molecule has 0 aliphatic rings. The molecule has 0 aromatic carbocycles. The van der Waals surface area contributed by atoms with Crippen LogP contribution in [0.3, 0.4) is 0 Å². The summed E-state index contributed by atoms with van der Waals surface area (Å²) in [4.78, 5) is 8.61. The second-order valence-corrected chi connectivity index (χ2v) is 4.77. The molecule has 0 bridgehead atoms. The van der Waals surface area contributed by atoms with E-state index in [2.05, 4.69) is 29.2 Å². The van der Waals surface area contributed by atoms with E-state index in [-0.39, 0.29) is 0 Å². The lowest BCUT2D eigenvalue weighted by molar-refractivity contribution is 0.886. The van der Waals surface area contributed by atoms with Gasteiger partial charge in [-0.05, 0) is 0 Å². The quantitative estimate of drug-likeness (QED) is 0.345. The third kappa shape index (κ3) is 3.16. The van der Waals surface area contributed by atoms with E-state index in [9.17, 15) is 0 Å². The molecule has 0 saturated carbocycles. The third-order valence-electron chi connectivity index (χ3n) is 1.57. The van der Waals surface area contributed by atoms with Crippen molar-refractivity contribution in [1.29, 1.82) is 0 Å². The summed E-state index contributed by atoms with van der Waals surface area (Å²) in [5.74, 6) is 6.83. The van der Waals surface area contributed by atoms with Gasteiger partial charge in [-0.15, -0.1) is 11.8 Å². The molecule has 78 valence electrons. The van der Waals surface area contributed by atoms with Crippen LogP contribution in [0, 0.1) is 0 Å². The van der Waals surface area contributed by atoms with Crippen molar-refractivity contribution in [3.8, 4) is 0 Å². The molecule has 0 spiro atoms. The minimum absolute atomic E-state index is 0.514. The third-order valence-corrected chi connectivity index (χ3v) is 2.49. The Balaban J connectivity index is 2.92. The Bertz CT molecular complexity index is 279. The van der Waals surface area contributed by atoms with Crippen LogP contribution in [0.1, 0.15) is 26.6 Å². The Kier molecular flexibility index (Phi) is 4.16. The van der Waals surface area contributed by atoms with Crippen LogP contribution in [0.15, 0.2) is 11.1 Å². The van der Waals surface area contributed by atoms with Crippen molar-refractivity contribution < 1.29 is 0 Å². The zero-order chi connectivity index (χ0) is 10.6. The summed E-state index contributed by atoms with van der Waals surface area (Å²) in [6.45, 7) is 6.29. The summed E-state index contributed by atoms with van der Waals surface area (Å²) < 4.78 is 0. The molecule has 14 heavy (non-hydrogen) atoms. The Morgan fingerprint density at radius 2 is 2.21 bits per heavy atom. The fraction of sp³-hybridized carbons (Fsp3) is 0.556. The van der Waals surface area contributed by atoms with E-state index >= 15 is 0 Å². The number of aryl methyl sites for hydroxylation is 1. The van der Waals surface area contributed by atoms with E-state index in [0.29, 0.717) is 11.1 Å². The average molecular weight is 212 g/mol. The van der Waals surface area contributed by atoms with Gasteiger partial charge in [0.25, 0.3) is 0 Å². The van der Waals surface area contributed by atoms with Crippen molar-refractivity contribution in [2.24, 2.45) is 5.84 Å². The number of hydrogen-bond donors (Lipinski definition) is 2. The number of hydrogen-bond acceptors (Lipinski definition) is 5. The first-order chi connectivity index (χ1) is 6.65. The fourth-order valence-electron chi connectivity index (χ4n) is 1.01. The van der Waals surface area contributed by atoms with Crippen molar-refractivity contribution in [1.82, 2.24) is 9.97 Å². The van der Waals surface area contributed by atoms with Crippen molar-refractivity contribution in [3.63, 3.8) is 0 Å². The van der Waals surface area contributed by atoms with Crippen LogP contribution in [-0.2, 0) is 6.42 Å². The molecule has 0 atom stereocenters. The van der Waals surface area contributed by atoms with Crippen molar-refractivity contribution in [3.05, 3.63) is 11.9 Å². The first kappa shape index (κ1) is 11.3. The molecule has 0 aliphatic heterocycles. The van der Waals surface area contributed by atoms with Crippen LogP contribution in [0.25, 0.3) is 0 Å². The van der Waals surface area contributed by atoms with Gasteiger partial charge in [0.2, 0.25) is 0 Å². The summed E-state index contributed by atoms with van der Waals surface area (Å²) in [5, 5.41) is 1.49. The molecule has 1 heterocycles. The summed E-state index contributed by atoms with van der Waals surface area (Å²) in [6.07, 6.45) is 0.821. The maximum absolute atomic E-state index is 5.32. The lowest BCUT2D eigenvalue weighted by Gasteiger charge is -2.07. The Morgan fingerprint density at radius 3 is 2.71 bits per heavy atom. The van der Waals surface area contributed by atoms with Gasteiger partial charge in [0, 0.05) is 17.7 Å². The van der Waals surface area contributed by atoms with Gasteiger partial charge in [-0.1, -0.05) is 20.8 Å². The van der Waals surface area contributed by atoms with Gasteiger partial charge in [0.1, 0.15) is 16.7 Å².